The molecule has 0 spiro atoms. The summed E-state index contributed by atoms with van der Waals surface area (Å²) in [5.41, 5.74) is 6.70. The minimum atomic E-state index is -0.807. The quantitative estimate of drug-likeness (QED) is 0.706. The monoisotopic (exact) mass is 396 g/mol. The fraction of sp³-hybridized carbons (Fsp3) is 0.579. The average molecular weight is 397 g/mol. The Bertz CT molecular complexity index is 671. The summed E-state index contributed by atoms with van der Waals surface area (Å²) in [6.45, 7) is 3.29. The lowest BCUT2D eigenvalue weighted by Crippen LogP contribution is -2.51. The molecule has 27 heavy (non-hydrogen) atoms. The molecule has 2 fully saturated rings. The van der Waals surface area contributed by atoms with Crippen LogP contribution in [-0.2, 0) is 9.53 Å². The van der Waals surface area contributed by atoms with Crippen molar-refractivity contribution < 1.29 is 14.3 Å². The van der Waals surface area contributed by atoms with E-state index in [9.17, 15) is 9.59 Å². The molecule has 2 amide bonds. The van der Waals surface area contributed by atoms with E-state index >= 15 is 0 Å². The molecule has 0 aromatic heterocycles. The number of piperidine rings is 2. The van der Waals surface area contributed by atoms with Crippen molar-refractivity contribution in [3.8, 4) is 0 Å². The summed E-state index contributed by atoms with van der Waals surface area (Å²) in [5.74, 6) is -0.590. The summed E-state index contributed by atoms with van der Waals surface area (Å²) in [4.78, 5) is 26.9. The molecular formula is C19H29ClN4O3. The van der Waals surface area contributed by atoms with E-state index in [1.807, 2.05) is 6.07 Å². The first-order chi connectivity index (χ1) is 12.6. The van der Waals surface area contributed by atoms with Crippen LogP contribution in [0.4, 0.5) is 11.4 Å². The number of halogens is 1. The van der Waals surface area contributed by atoms with E-state index in [1.54, 1.807) is 19.2 Å². The first kappa shape index (κ1) is 21.5. The molecule has 1 aromatic rings. The van der Waals surface area contributed by atoms with Crippen LogP contribution in [0, 0.1) is 0 Å². The van der Waals surface area contributed by atoms with E-state index in [0.717, 1.165) is 44.7 Å². The van der Waals surface area contributed by atoms with Gasteiger partial charge < -0.3 is 26.0 Å². The Labute approximate surface area is 166 Å². The van der Waals surface area contributed by atoms with Crippen molar-refractivity contribution in [2.45, 2.75) is 37.7 Å². The maximum atomic E-state index is 12.9. The van der Waals surface area contributed by atoms with E-state index < -0.39 is 11.5 Å². The fourth-order valence-corrected chi connectivity index (χ4v) is 3.81. The summed E-state index contributed by atoms with van der Waals surface area (Å²) in [6.07, 6.45) is 4.65. The van der Waals surface area contributed by atoms with Gasteiger partial charge >= 0.3 is 0 Å². The smallest absolute Gasteiger partial charge is 0.256 e. The summed E-state index contributed by atoms with van der Waals surface area (Å²) in [5, 5.41) is 6.23. The molecule has 0 aliphatic carbocycles. The number of nitrogens with one attached hydrogen (secondary N) is 2. The van der Waals surface area contributed by atoms with Crippen molar-refractivity contribution in [1.29, 1.82) is 0 Å². The van der Waals surface area contributed by atoms with Crippen LogP contribution in [-0.4, -0.2) is 50.7 Å². The van der Waals surface area contributed by atoms with E-state index in [0.29, 0.717) is 24.1 Å². The third-order valence-corrected chi connectivity index (χ3v) is 5.43. The van der Waals surface area contributed by atoms with Gasteiger partial charge in [0.25, 0.3) is 11.8 Å². The van der Waals surface area contributed by atoms with Gasteiger partial charge in [-0.3, -0.25) is 9.59 Å². The van der Waals surface area contributed by atoms with Crippen LogP contribution in [0.5, 0.6) is 0 Å². The lowest BCUT2D eigenvalue weighted by molar-refractivity contribution is -0.140. The zero-order valence-corrected chi connectivity index (χ0v) is 16.6. The normalized spacial score (nSPS) is 19.1. The minimum Gasteiger partial charge on any atom is -0.371 e. The first-order valence-electron chi connectivity index (χ1n) is 9.32. The predicted octanol–water partition coefficient (Wildman–Crippen LogP) is 1.90. The molecule has 7 nitrogen and oxygen atoms in total. The summed E-state index contributed by atoms with van der Waals surface area (Å²) in [6, 6.07) is 5.29. The molecule has 0 unspecified atom stereocenters. The van der Waals surface area contributed by atoms with E-state index in [-0.39, 0.29) is 18.3 Å². The highest BCUT2D eigenvalue weighted by Gasteiger charge is 2.39. The molecule has 4 N–H and O–H groups in total. The number of nitrogens with zero attached hydrogens (tertiary/aromatic N) is 1. The predicted molar refractivity (Wildman–Crippen MR) is 109 cm³/mol. The van der Waals surface area contributed by atoms with Gasteiger partial charge in [-0.2, -0.15) is 0 Å². The highest BCUT2D eigenvalue weighted by molar-refractivity contribution is 6.02. The minimum absolute atomic E-state index is 0. The Morgan fingerprint density at radius 3 is 2.44 bits per heavy atom. The topological polar surface area (TPSA) is 96.7 Å². The van der Waals surface area contributed by atoms with Gasteiger partial charge in [0, 0.05) is 25.9 Å². The Morgan fingerprint density at radius 1 is 1.19 bits per heavy atom. The number of benzene rings is 1. The van der Waals surface area contributed by atoms with Crippen LogP contribution < -0.4 is 21.3 Å². The molecule has 0 bridgehead atoms. The fourth-order valence-electron chi connectivity index (χ4n) is 3.81. The zero-order valence-electron chi connectivity index (χ0n) is 15.8. The van der Waals surface area contributed by atoms with Crippen LogP contribution >= 0.6 is 12.4 Å². The van der Waals surface area contributed by atoms with Gasteiger partial charge in [0.15, 0.2) is 0 Å². The molecule has 2 aliphatic heterocycles. The number of amides is 2. The van der Waals surface area contributed by atoms with Gasteiger partial charge in [0.2, 0.25) is 0 Å². The van der Waals surface area contributed by atoms with Crippen molar-refractivity contribution >= 4 is 35.6 Å². The van der Waals surface area contributed by atoms with Crippen molar-refractivity contribution in [1.82, 2.24) is 5.32 Å². The lowest BCUT2D eigenvalue weighted by atomic mass is 9.91. The van der Waals surface area contributed by atoms with Gasteiger partial charge in [-0.25, -0.2) is 0 Å². The summed E-state index contributed by atoms with van der Waals surface area (Å²) < 4.78 is 5.58. The lowest BCUT2D eigenvalue weighted by Gasteiger charge is -2.35. The van der Waals surface area contributed by atoms with E-state index in [4.69, 9.17) is 10.5 Å². The zero-order chi connectivity index (χ0) is 18.6. The number of nitrogens with two attached hydrogens (primary N) is 1. The van der Waals surface area contributed by atoms with Crippen LogP contribution in [0.15, 0.2) is 18.2 Å². The van der Waals surface area contributed by atoms with Crippen LogP contribution in [0.3, 0.4) is 0 Å². The van der Waals surface area contributed by atoms with Crippen LogP contribution in [0.1, 0.15) is 42.5 Å². The molecular weight excluding hydrogens is 368 g/mol. The van der Waals surface area contributed by atoms with Gasteiger partial charge in [0.1, 0.15) is 5.60 Å². The number of methoxy groups -OCH3 is 1. The second-order valence-electron chi connectivity index (χ2n) is 7.05. The van der Waals surface area contributed by atoms with E-state index in [1.165, 1.54) is 6.42 Å². The number of ether oxygens (including phenoxy) is 1. The van der Waals surface area contributed by atoms with Crippen molar-refractivity contribution in [2.24, 2.45) is 5.73 Å². The molecule has 1 aromatic carbocycles. The number of primary amides is 1. The molecule has 2 saturated heterocycles. The van der Waals surface area contributed by atoms with Crippen molar-refractivity contribution in [2.75, 3.05) is 43.5 Å². The van der Waals surface area contributed by atoms with Crippen LogP contribution in [0.25, 0.3) is 0 Å². The summed E-state index contributed by atoms with van der Waals surface area (Å²) >= 11 is 0. The molecule has 150 valence electrons. The highest BCUT2D eigenvalue weighted by Crippen LogP contribution is 2.29. The molecule has 2 heterocycles. The molecule has 8 heteroatoms. The third-order valence-electron chi connectivity index (χ3n) is 5.43. The molecule has 0 atom stereocenters. The SMILES string of the molecule is COC1(C(=O)Nc2ccc(C(N)=O)c(N3CCCCC3)c2)CCNCC1.Cl. The van der Waals surface area contributed by atoms with Gasteiger partial charge in [-0.05, 0) is 63.4 Å². The number of rotatable bonds is 5. The third kappa shape index (κ3) is 4.72. The van der Waals surface area contributed by atoms with Crippen molar-refractivity contribution in [3.63, 3.8) is 0 Å². The highest BCUT2D eigenvalue weighted by atomic mass is 35.5. The number of anilines is 2. The first-order valence-corrected chi connectivity index (χ1v) is 9.32. The maximum Gasteiger partial charge on any atom is 0.256 e. The Kier molecular flexibility index (Phi) is 7.47. The Morgan fingerprint density at radius 2 is 1.85 bits per heavy atom. The van der Waals surface area contributed by atoms with Crippen LogP contribution in [0.2, 0.25) is 0 Å². The second kappa shape index (κ2) is 9.39. The molecule has 0 saturated carbocycles. The van der Waals surface area contributed by atoms with Crippen molar-refractivity contribution in [3.05, 3.63) is 23.8 Å². The number of carbonyl (C=O) groups excluding carboxylic acids is 2. The maximum absolute atomic E-state index is 12.9. The van der Waals surface area contributed by atoms with E-state index in [2.05, 4.69) is 15.5 Å². The number of carbonyl (C=O) groups is 2. The molecule has 3 rings (SSSR count). The van der Waals surface area contributed by atoms with Gasteiger partial charge in [-0.15, -0.1) is 12.4 Å². The average Bonchev–Trinajstić information content (AvgIpc) is 2.69. The largest absolute Gasteiger partial charge is 0.371 e. The Hall–Kier alpha value is -1.83. The second-order valence-corrected chi connectivity index (χ2v) is 7.05. The molecule has 2 aliphatic rings. The van der Waals surface area contributed by atoms with Gasteiger partial charge in [-0.1, -0.05) is 0 Å². The standard InChI is InChI=1S/C19H28N4O3.ClH/c1-26-19(7-9-21-10-8-19)18(25)22-14-5-6-15(17(20)24)16(13-14)23-11-3-2-4-12-23;/h5-6,13,21H,2-4,7-12H2,1H3,(H2,20,24)(H,22,25);1H. The number of hydrogen-bond acceptors (Lipinski definition) is 5. The number of hydrogen-bond donors (Lipinski definition) is 3. The van der Waals surface area contributed by atoms with Gasteiger partial charge in [0.05, 0.1) is 11.3 Å². The Balaban J connectivity index is 0.00000261. The molecule has 0 radical (unpaired) electrons. The summed E-state index contributed by atoms with van der Waals surface area (Å²) in [7, 11) is 1.58.